The first kappa shape index (κ1) is 9.49. The maximum absolute atomic E-state index is 11.8. The van der Waals surface area contributed by atoms with E-state index in [1.807, 2.05) is 0 Å². The summed E-state index contributed by atoms with van der Waals surface area (Å²) >= 11 is 1.15. The van der Waals surface area contributed by atoms with Gasteiger partial charge in [-0.1, -0.05) is 6.08 Å². The summed E-state index contributed by atoms with van der Waals surface area (Å²) in [4.78, 5) is 9.95. The normalized spacial score (nSPS) is 9.00. The predicted octanol–water partition coefficient (Wildman–Crippen LogP) is 2.23. The minimum atomic E-state index is -1.41. The van der Waals surface area contributed by atoms with Crippen LogP contribution in [-0.2, 0) is 0 Å². The number of nitrogens with zero attached hydrogens (tertiary/aromatic N) is 1. The fourth-order valence-electron chi connectivity index (χ4n) is 0.324. The zero-order valence-electron chi connectivity index (χ0n) is 5.84. The Morgan fingerprint density at radius 2 is 2.50 bits per heavy atom. The Kier molecular flexibility index (Phi) is 5.02. The van der Waals surface area contributed by atoms with Crippen molar-refractivity contribution in [3.05, 3.63) is 12.7 Å². The van der Waals surface area contributed by atoms with Gasteiger partial charge in [0.1, 0.15) is 0 Å². The third-order valence-electron chi connectivity index (χ3n) is 0.854. The summed E-state index contributed by atoms with van der Waals surface area (Å²) in [5.74, 6) is 0.690. The molecular weight excluding hydrogens is 153 g/mol. The Labute approximate surface area is 64.2 Å². The van der Waals surface area contributed by atoms with E-state index in [-0.39, 0.29) is 0 Å². The molecule has 0 bridgehead atoms. The maximum Gasteiger partial charge on any atom is 0.409 e. The van der Waals surface area contributed by atoms with E-state index in [1.165, 1.54) is 7.05 Å². The van der Waals surface area contributed by atoms with Crippen molar-refractivity contribution in [1.82, 2.24) is 4.31 Å². The molecule has 0 spiro atoms. The second kappa shape index (κ2) is 5.29. The molecule has 0 aliphatic rings. The Balaban J connectivity index is 3.30. The monoisotopic (exact) mass is 163 g/mol. The van der Waals surface area contributed by atoms with Crippen molar-refractivity contribution in [1.29, 1.82) is 0 Å². The van der Waals surface area contributed by atoms with Crippen LogP contribution in [0, 0.1) is 0 Å². The molecule has 0 heterocycles. The molecule has 10 heavy (non-hydrogen) atoms. The van der Waals surface area contributed by atoms with E-state index >= 15 is 0 Å². The van der Waals surface area contributed by atoms with Crippen LogP contribution in [-0.4, -0.2) is 23.3 Å². The standard InChI is InChI=1S/C6H10FNOS/c1-3-4-5-10-8(2)6(7)9/h3H,1,4-5H2,2H3. The first-order valence-corrected chi connectivity index (χ1v) is 3.79. The molecule has 1 amide bonds. The summed E-state index contributed by atoms with van der Waals surface area (Å²) in [6, 6.07) is 0. The summed E-state index contributed by atoms with van der Waals surface area (Å²) in [6.45, 7) is 3.49. The molecule has 0 aliphatic carbocycles. The molecule has 58 valence electrons. The predicted molar refractivity (Wildman–Crippen MR) is 41.5 cm³/mol. The lowest BCUT2D eigenvalue weighted by atomic mass is 10.5. The summed E-state index contributed by atoms with van der Waals surface area (Å²) < 4.78 is 12.7. The van der Waals surface area contributed by atoms with Crippen molar-refractivity contribution in [2.45, 2.75) is 6.42 Å². The van der Waals surface area contributed by atoms with Gasteiger partial charge in [-0.3, -0.25) is 4.31 Å². The molecule has 0 rings (SSSR count). The lowest BCUT2D eigenvalue weighted by Gasteiger charge is -2.08. The first-order valence-electron chi connectivity index (χ1n) is 2.85. The van der Waals surface area contributed by atoms with Crippen LogP contribution in [0.25, 0.3) is 0 Å². The van der Waals surface area contributed by atoms with Crippen molar-refractivity contribution < 1.29 is 9.18 Å². The number of hydrogen-bond acceptors (Lipinski definition) is 2. The molecule has 0 fully saturated rings. The highest BCUT2D eigenvalue weighted by atomic mass is 32.2. The van der Waals surface area contributed by atoms with Crippen molar-refractivity contribution in [3.8, 4) is 0 Å². The van der Waals surface area contributed by atoms with Crippen LogP contribution in [0.3, 0.4) is 0 Å². The average Bonchev–Trinajstić information content (AvgIpc) is 1.88. The van der Waals surface area contributed by atoms with E-state index in [1.54, 1.807) is 6.08 Å². The molecule has 0 N–H and O–H groups in total. The second-order valence-electron chi connectivity index (χ2n) is 1.66. The lowest BCUT2D eigenvalue weighted by molar-refractivity contribution is 0.209. The number of amides is 1. The third kappa shape index (κ3) is 4.38. The fourth-order valence-corrected chi connectivity index (χ4v) is 0.971. The van der Waals surface area contributed by atoms with Crippen molar-refractivity contribution in [3.63, 3.8) is 0 Å². The molecule has 0 aromatic heterocycles. The Morgan fingerprint density at radius 3 is 2.90 bits per heavy atom. The molecular formula is C6H10FNOS. The fraction of sp³-hybridized carbons (Fsp3) is 0.500. The first-order chi connectivity index (χ1) is 4.68. The van der Waals surface area contributed by atoms with Crippen molar-refractivity contribution in [2.24, 2.45) is 0 Å². The topological polar surface area (TPSA) is 20.3 Å². The number of halogens is 1. The SMILES string of the molecule is C=CCCSN(C)C(=O)F. The summed E-state index contributed by atoms with van der Waals surface area (Å²) in [5, 5.41) is 0. The molecule has 0 radical (unpaired) electrons. The van der Waals surface area contributed by atoms with E-state index in [2.05, 4.69) is 6.58 Å². The van der Waals surface area contributed by atoms with Crippen molar-refractivity contribution in [2.75, 3.05) is 12.8 Å². The van der Waals surface area contributed by atoms with Crippen LogP contribution >= 0.6 is 11.9 Å². The van der Waals surface area contributed by atoms with Gasteiger partial charge in [-0.25, -0.2) is 4.79 Å². The molecule has 0 aromatic rings. The Hall–Kier alpha value is -0.510. The molecule has 4 heteroatoms. The maximum atomic E-state index is 11.8. The molecule has 0 aromatic carbocycles. The van der Waals surface area contributed by atoms with E-state index < -0.39 is 6.16 Å². The van der Waals surface area contributed by atoms with Gasteiger partial charge in [0.15, 0.2) is 0 Å². The minimum Gasteiger partial charge on any atom is -0.261 e. The minimum absolute atomic E-state index is 0.690. The summed E-state index contributed by atoms with van der Waals surface area (Å²) in [7, 11) is 1.40. The van der Waals surface area contributed by atoms with Crippen LogP contribution in [0.4, 0.5) is 9.18 Å². The molecule has 0 saturated heterocycles. The number of carbonyl (C=O) groups is 1. The van der Waals surface area contributed by atoms with Crippen molar-refractivity contribution >= 4 is 18.1 Å². The summed E-state index contributed by atoms with van der Waals surface area (Å²) in [5.41, 5.74) is 0. The Morgan fingerprint density at radius 1 is 1.90 bits per heavy atom. The van der Waals surface area contributed by atoms with Gasteiger partial charge in [0, 0.05) is 12.8 Å². The van der Waals surface area contributed by atoms with Crippen LogP contribution in [0.15, 0.2) is 12.7 Å². The molecule has 0 atom stereocenters. The highest BCUT2D eigenvalue weighted by Crippen LogP contribution is 2.09. The van der Waals surface area contributed by atoms with Crippen LogP contribution in [0.2, 0.25) is 0 Å². The molecule has 2 nitrogen and oxygen atoms in total. The molecule has 0 saturated carbocycles. The van der Waals surface area contributed by atoms with Crippen LogP contribution in [0.5, 0.6) is 0 Å². The number of rotatable bonds is 4. The van der Waals surface area contributed by atoms with Gasteiger partial charge in [0.25, 0.3) is 0 Å². The number of carbonyl (C=O) groups excluding carboxylic acids is 1. The average molecular weight is 163 g/mol. The number of hydrogen-bond donors (Lipinski definition) is 0. The lowest BCUT2D eigenvalue weighted by Crippen LogP contribution is -2.12. The highest BCUT2D eigenvalue weighted by molar-refractivity contribution is 7.97. The van der Waals surface area contributed by atoms with Gasteiger partial charge in [0.2, 0.25) is 0 Å². The highest BCUT2D eigenvalue weighted by Gasteiger charge is 2.04. The zero-order chi connectivity index (χ0) is 7.98. The zero-order valence-corrected chi connectivity index (χ0v) is 6.66. The molecule has 0 aliphatic heterocycles. The van der Waals surface area contributed by atoms with E-state index in [4.69, 9.17) is 0 Å². The van der Waals surface area contributed by atoms with E-state index in [0.29, 0.717) is 5.75 Å². The van der Waals surface area contributed by atoms with Crippen LogP contribution < -0.4 is 0 Å². The number of allylic oxidation sites excluding steroid dienone is 1. The van der Waals surface area contributed by atoms with Gasteiger partial charge in [-0.2, -0.15) is 0 Å². The van der Waals surface area contributed by atoms with E-state index in [0.717, 1.165) is 22.7 Å². The second-order valence-corrected chi connectivity index (χ2v) is 2.88. The van der Waals surface area contributed by atoms with Crippen LogP contribution in [0.1, 0.15) is 6.42 Å². The van der Waals surface area contributed by atoms with Gasteiger partial charge in [-0.05, 0) is 18.4 Å². The third-order valence-corrected chi connectivity index (χ3v) is 1.80. The molecule has 0 unspecified atom stereocenters. The van der Waals surface area contributed by atoms with Gasteiger partial charge >= 0.3 is 6.16 Å². The van der Waals surface area contributed by atoms with Gasteiger partial charge in [0.05, 0.1) is 0 Å². The summed E-state index contributed by atoms with van der Waals surface area (Å²) in [6.07, 6.45) is 1.10. The Bertz CT molecular complexity index is 129. The smallest absolute Gasteiger partial charge is 0.261 e. The largest absolute Gasteiger partial charge is 0.409 e. The van der Waals surface area contributed by atoms with E-state index in [9.17, 15) is 9.18 Å². The quantitative estimate of drug-likeness (QED) is 0.208. The van der Waals surface area contributed by atoms with Gasteiger partial charge in [-0.15, -0.1) is 11.0 Å². The van der Waals surface area contributed by atoms with Gasteiger partial charge < -0.3 is 0 Å².